The molecular weight excluding hydrogens is 324 g/mol. The highest BCUT2D eigenvalue weighted by atomic mass is 79.9. The Kier molecular flexibility index (Phi) is 5.69. The molecule has 0 bridgehead atoms. The smallest absolute Gasteiger partial charge is 0.0963 e. The van der Waals surface area contributed by atoms with Gasteiger partial charge in [0.05, 0.1) is 11.6 Å². The molecule has 1 saturated carbocycles. The summed E-state index contributed by atoms with van der Waals surface area (Å²) in [4.78, 5) is 4.43. The van der Waals surface area contributed by atoms with Crippen LogP contribution in [0, 0.1) is 0 Å². The summed E-state index contributed by atoms with van der Waals surface area (Å²) in [5.41, 5.74) is -0.0833. The lowest BCUT2D eigenvalue weighted by Gasteiger charge is -2.40. The molecule has 2 unspecified atom stereocenters. The van der Waals surface area contributed by atoms with Crippen LogP contribution in [0.1, 0.15) is 32.6 Å². The molecule has 5 heteroatoms. The first-order valence-electron chi connectivity index (χ1n) is 6.81. The molecule has 3 nitrogen and oxygen atoms in total. The molecule has 19 heavy (non-hydrogen) atoms. The van der Waals surface area contributed by atoms with Crippen molar-refractivity contribution < 1.29 is 5.11 Å². The highest BCUT2D eigenvalue weighted by Crippen LogP contribution is 2.37. The Morgan fingerprint density at radius 1 is 1.58 bits per heavy atom. The Morgan fingerprint density at radius 3 is 3.05 bits per heavy atom. The second-order valence-electron chi connectivity index (χ2n) is 5.12. The monoisotopic (exact) mass is 344 g/mol. The standard InChI is InChI=1S/C14H21BrN2OS/c1-2-17-14(10-18)7-3-4-12(8-14)19-13-6-5-11(15)9-16-13/h5-6,9,12,17-18H,2-4,7-8,10H2,1H3. The number of likely N-dealkylation sites (N-methyl/N-ethyl adjacent to an activating group) is 1. The largest absolute Gasteiger partial charge is 0.394 e. The Labute approximate surface area is 127 Å². The van der Waals surface area contributed by atoms with Gasteiger partial charge in [0.15, 0.2) is 0 Å². The molecule has 1 fully saturated rings. The van der Waals surface area contributed by atoms with Gasteiger partial charge in [-0.05, 0) is 53.9 Å². The van der Waals surface area contributed by atoms with Crippen LogP contribution in [0.2, 0.25) is 0 Å². The van der Waals surface area contributed by atoms with Gasteiger partial charge in [0.2, 0.25) is 0 Å². The quantitative estimate of drug-likeness (QED) is 0.860. The number of aliphatic hydroxyl groups excluding tert-OH is 1. The number of nitrogens with zero attached hydrogens (tertiary/aromatic N) is 1. The van der Waals surface area contributed by atoms with Gasteiger partial charge in [0.1, 0.15) is 0 Å². The molecule has 2 atom stereocenters. The maximum Gasteiger partial charge on any atom is 0.0963 e. The molecule has 1 aliphatic rings. The van der Waals surface area contributed by atoms with Crippen LogP contribution in [-0.4, -0.2) is 34.0 Å². The third kappa shape index (κ3) is 4.18. The summed E-state index contributed by atoms with van der Waals surface area (Å²) < 4.78 is 1.01. The summed E-state index contributed by atoms with van der Waals surface area (Å²) >= 11 is 5.24. The summed E-state index contributed by atoms with van der Waals surface area (Å²) in [6, 6.07) is 4.08. The van der Waals surface area contributed by atoms with Crippen molar-refractivity contribution in [3.05, 3.63) is 22.8 Å². The minimum Gasteiger partial charge on any atom is -0.394 e. The summed E-state index contributed by atoms with van der Waals surface area (Å²) in [5, 5.41) is 14.8. The van der Waals surface area contributed by atoms with Crippen molar-refractivity contribution in [1.82, 2.24) is 10.3 Å². The molecule has 0 spiro atoms. The van der Waals surface area contributed by atoms with Crippen LogP contribution in [0.5, 0.6) is 0 Å². The number of aliphatic hydroxyl groups is 1. The maximum absolute atomic E-state index is 9.70. The van der Waals surface area contributed by atoms with E-state index >= 15 is 0 Å². The molecule has 1 heterocycles. The number of rotatable bonds is 5. The van der Waals surface area contributed by atoms with E-state index in [-0.39, 0.29) is 12.1 Å². The normalized spacial score (nSPS) is 27.4. The fourth-order valence-corrected chi connectivity index (χ4v) is 4.27. The first-order valence-corrected chi connectivity index (χ1v) is 8.49. The number of aromatic nitrogens is 1. The molecule has 2 N–H and O–H groups in total. The molecular formula is C14H21BrN2OS. The molecule has 0 radical (unpaired) electrons. The van der Waals surface area contributed by atoms with E-state index in [1.807, 2.05) is 24.0 Å². The van der Waals surface area contributed by atoms with E-state index in [1.54, 1.807) is 0 Å². The second kappa shape index (κ2) is 7.07. The average Bonchev–Trinajstić information content (AvgIpc) is 2.42. The third-order valence-corrected chi connectivity index (χ3v) is 5.33. The van der Waals surface area contributed by atoms with Crippen LogP contribution in [-0.2, 0) is 0 Å². The van der Waals surface area contributed by atoms with Crippen LogP contribution < -0.4 is 5.32 Å². The Hall–Kier alpha value is -0.100. The predicted octanol–water partition coefficient (Wildman–Crippen LogP) is 3.22. The Bertz CT molecular complexity index is 397. The number of hydrogen-bond acceptors (Lipinski definition) is 4. The molecule has 106 valence electrons. The molecule has 2 rings (SSSR count). The summed E-state index contributed by atoms with van der Waals surface area (Å²) in [5.74, 6) is 0. The van der Waals surface area contributed by atoms with Crippen molar-refractivity contribution in [3.8, 4) is 0 Å². The zero-order chi connectivity index (χ0) is 13.7. The zero-order valence-corrected chi connectivity index (χ0v) is 13.6. The van der Waals surface area contributed by atoms with Crippen molar-refractivity contribution in [1.29, 1.82) is 0 Å². The van der Waals surface area contributed by atoms with E-state index in [0.717, 1.165) is 28.9 Å². The SMILES string of the molecule is CCNC1(CO)CCCC(Sc2ccc(Br)cn2)C1. The first-order chi connectivity index (χ1) is 9.17. The second-order valence-corrected chi connectivity index (χ2v) is 7.36. The van der Waals surface area contributed by atoms with Crippen molar-refractivity contribution in [2.24, 2.45) is 0 Å². The highest BCUT2D eigenvalue weighted by Gasteiger charge is 2.35. The van der Waals surface area contributed by atoms with Gasteiger partial charge in [0, 0.05) is 21.5 Å². The Morgan fingerprint density at radius 2 is 2.42 bits per heavy atom. The predicted molar refractivity (Wildman–Crippen MR) is 83.5 cm³/mol. The fraction of sp³-hybridized carbons (Fsp3) is 0.643. The first kappa shape index (κ1) is 15.3. The molecule has 1 aromatic rings. The molecule has 0 amide bonds. The van der Waals surface area contributed by atoms with Crippen LogP contribution >= 0.6 is 27.7 Å². The third-order valence-electron chi connectivity index (χ3n) is 3.64. The van der Waals surface area contributed by atoms with E-state index in [2.05, 4.69) is 39.2 Å². The van der Waals surface area contributed by atoms with Crippen LogP contribution in [0.15, 0.2) is 27.8 Å². The van der Waals surface area contributed by atoms with Crippen molar-refractivity contribution >= 4 is 27.7 Å². The number of pyridine rings is 1. The average molecular weight is 345 g/mol. The minimum atomic E-state index is -0.0833. The molecule has 1 aromatic heterocycles. The molecule has 0 aliphatic heterocycles. The van der Waals surface area contributed by atoms with Gasteiger partial charge in [-0.15, -0.1) is 11.8 Å². The van der Waals surface area contributed by atoms with Crippen molar-refractivity contribution in [3.63, 3.8) is 0 Å². The number of halogens is 1. The maximum atomic E-state index is 9.70. The molecule has 0 saturated heterocycles. The Balaban J connectivity index is 1.99. The number of hydrogen-bond donors (Lipinski definition) is 2. The lowest BCUT2D eigenvalue weighted by atomic mass is 9.82. The van der Waals surface area contributed by atoms with Gasteiger partial charge >= 0.3 is 0 Å². The topological polar surface area (TPSA) is 45.1 Å². The summed E-state index contributed by atoms with van der Waals surface area (Å²) in [6.45, 7) is 3.24. The number of thioether (sulfide) groups is 1. The van der Waals surface area contributed by atoms with Crippen molar-refractivity contribution in [2.45, 2.75) is 48.4 Å². The lowest BCUT2D eigenvalue weighted by Crippen LogP contribution is -2.52. The van der Waals surface area contributed by atoms with Crippen LogP contribution in [0.4, 0.5) is 0 Å². The molecule has 0 aromatic carbocycles. The van der Waals surface area contributed by atoms with Gasteiger partial charge in [0.25, 0.3) is 0 Å². The van der Waals surface area contributed by atoms with E-state index in [9.17, 15) is 5.11 Å². The van der Waals surface area contributed by atoms with Crippen molar-refractivity contribution in [2.75, 3.05) is 13.2 Å². The fourth-order valence-electron chi connectivity index (χ4n) is 2.75. The van der Waals surface area contributed by atoms with Gasteiger partial charge in [-0.25, -0.2) is 4.98 Å². The van der Waals surface area contributed by atoms with Gasteiger partial charge in [-0.2, -0.15) is 0 Å². The van der Waals surface area contributed by atoms with E-state index in [0.29, 0.717) is 5.25 Å². The zero-order valence-electron chi connectivity index (χ0n) is 11.2. The van der Waals surface area contributed by atoms with Gasteiger partial charge in [-0.1, -0.05) is 13.3 Å². The summed E-state index contributed by atoms with van der Waals surface area (Å²) in [6.07, 6.45) is 6.30. The minimum absolute atomic E-state index is 0.0833. The van der Waals surface area contributed by atoms with E-state index < -0.39 is 0 Å². The van der Waals surface area contributed by atoms with Crippen LogP contribution in [0.25, 0.3) is 0 Å². The molecule has 1 aliphatic carbocycles. The van der Waals surface area contributed by atoms with Crippen LogP contribution in [0.3, 0.4) is 0 Å². The van der Waals surface area contributed by atoms with E-state index in [1.165, 1.54) is 12.8 Å². The highest BCUT2D eigenvalue weighted by molar-refractivity contribution is 9.10. The number of nitrogens with one attached hydrogen (secondary N) is 1. The van der Waals surface area contributed by atoms with Gasteiger partial charge in [-0.3, -0.25) is 0 Å². The van der Waals surface area contributed by atoms with E-state index in [4.69, 9.17) is 0 Å². The lowest BCUT2D eigenvalue weighted by molar-refractivity contribution is 0.125. The van der Waals surface area contributed by atoms with Gasteiger partial charge < -0.3 is 10.4 Å². The summed E-state index contributed by atoms with van der Waals surface area (Å²) in [7, 11) is 0.